The van der Waals surface area contributed by atoms with Crippen LogP contribution >= 0.6 is 11.8 Å². The molecule has 0 saturated heterocycles. The number of aromatic nitrogens is 2. The average Bonchev–Trinajstić information content (AvgIpc) is 2.59. The third kappa shape index (κ3) is 2.20. The van der Waals surface area contributed by atoms with Gasteiger partial charge in [-0.1, -0.05) is 12.1 Å². The van der Waals surface area contributed by atoms with Crippen LogP contribution in [0.2, 0.25) is 0 Å². The molecule has 0 radical (unpaired) electrons. The summed E-state index contributed by atoms with van der Waals surface area (Å²) in [6.45, 7) is 1.91. The largest absolute Gasteiger partial charge is 0.310 e. The molecule has 1 amide bonds. The number of hydrogen-bond acceptors (Lipinski definition) is 3. The van der Waals surface area contributed by atoms with E-state index < -0.39 is 0 Å². The van der Waals surface area contributed by atoms with Crippen LogP contribution in [-0.2, 0) is 11.8 Å². The molecule has 1 N–H and O–H groups in total. The van der Waals surface area contributed by atoms with E-state index in [1.807, 2.05) is 13.0 Å². The van der Waals surface area contributed by atoms with Crippen LogP contribution in [0.15, 0.2) is 24.3 Å². The summed E-state index contributed by atoms with van der Waals surface area (Å²) in [5.41, 5.74) is 2.66. The molecule has 4 nitrogen and oxygen atoms in total. The van der Waals surface area contributed by atoms with E-state index in [1.54, 1.807) is 17.8 Å². The normalized spacial score (nSPS) is 18.4. The molecule has 3 rings (SSSR count). The Labute approximate surface area is 120 Å². The van der Waals surface area contributed by atoms with E-state index in [4.69, 9.17) is 0 Å². The molecule has 2 heterocycles. The Bertz CT molecular complexity index is 683. The summed E-state index contributed by atoms with van der Waals surface area (Å²) < 4.78 is 15.1. The molecule has 1 aromatic carbocycles. The highest BCUT2D eigenvalue weighted by Crippen LogP contribution is 2.42. The predicted octanol–water partition coefficient (Wildman–Crippen LogP) is 2.64. The fraction of sp³-hybridized carbons (Fsp3) is 0.286. The summed E-state index contributed by atoms with van der Waals surface area (Å²) in [6.07, 6.45) is 0. The first-order chi connectivity index (χ1) is 9.56. The van der Waals surface area contributed by atoms with Gasteiger partial charge in [-0.05, 0) is 24.6 Å². The number of carbonyl (C=O) groups excluding carboxylic acids is 1. The Kier molecular flexibility index (Phi) is 3.25. The van der Waals surface area contributed by atoms with Gasteiger partial charge in [0.15, 0.2) is 0 Å². The smallest absolute Gasteiger partial charge is 0.235 e. The second-order valence-electron chi connectivity index (χ2n) is 4.77. The van der Waals surface area contributed by atoms with Crippen LogP contribution < -0.4 is 5.32 Å². The monoisotopic (exact) mass is 291 g/mol. The van der Waals surface area contributed by atoms with Gasteiger partial charge in [0.1, 0.15) is 11.6 Å². The second-order valence-corrected chi connectivity index (χ2v) is 5.86. The Morgan fingerprint density at radius 2 is 2.30 bits per heavy atom. The average molecular weight is 291 g/mol. The van der Waals surface area contributed by atoms with Crippen LogP contribution in [0.25, 0.3) is 0 Å². The van der Waals surface area contributed by atoms with Crippen molar-refractivity contribution in [2.24, 2.45) is 7.05 Å². The molecule has 0 saturated carbocycles. The molecule has 1 aliphatic heterocycles. The first-order valence-electron chi connectivity index (χ1n) is 6.26. The van der Waals surface area contributed by atoms with Crippen molar-refractivity contribution in [3.63, 3.8) is 0 Å². The van der Waals surface area contributed by atoms with Gasteiger partial charge in [0.05, 0.1) is 16.7 Å². The molecular weight excluding hydrogens is 277 g/mol. The first-order valence-corrected chi connectivity index (χ1v) is 7.31. The highest BCUT2D eigenvalue weighted by molar-refractivity contribution is 8.00. The zero-order valence-corrected chi connectivity index (χ0v) is 12.0. The SMILES string of the molecule is Cc1nn(C)c2c1[C@@H](c1cccc(F)c1)SCC(=O)N2. The van der Waals surface area contributed by atoms with Gasteiger partial charge >= 0.3 is 0 Å². The number of amides is 1. The Morgan fingerprint density at radius 3 is 3.05 bits per heavy atom. The van der Waals surface area contributed by atoms with Crippen LogP contribution in [0, 0.1) is 12.7 Å². The standard InChI is InChI=1S/C14H14FN3OS/c1-8-12-13(9-4-3-5-10(15)6-9)20-7-11(19)16-14(12)18(2)17-8/h3-6,13H,7H2,1-2H3,(H,16,19)/t13-/m1/s1. The minimum Gasteiger partial charge on any atom is -0.310 e. The van der Waals surface area contributed by atoms with Crippen molar-refractivity contribution in [3.8, 4) is 0 Å². The van der Waals surface area contributed by atoms with Crippen molar-refractivity contribution >= 4 is 23.5 Å². The molecule has 6 heteroatoms. The van der Waals surface area contributed by atoms with Crippen molar-refractivity contribution in [2.75, 3.05) is 11.1 Å². The number of benzene rings is 1. The minimum atomic E-state index is -0.269. The first kappa shape index (κ1) is 13.2. The number of nitrogens with zero attached hydrogens (tertiary/aromatic N) is 2. The molecule has 0 aliphatic carbocycles. The zero-order chi connectivity index (χ0) is 14.3. The third-order valence-electron chi connectivity index (χ3n) is 3.32. The molecule has 0 unspecified atom stereocenters. The number of thioether (sulfide) groups is 1. The maximum atomic E-state index is 13.5. The molecule has 1 atom stereocenters. The van der Waals surface area contributed by atoms with Crippen molar-refractivity contribution < 1.29 is 9.18 Å². The molecular formula is C14H14FN3OS. The van der Waals surface area contributed by atoms with Crippen LogP contribution in [-0.4, -0.2) is 21.4 Å². The predicted molar refractivity (Wildman–Crippen MR) is 77.3 cm³/mol. The number of rotatable bonds is 1. The summed E-state index contributed by atoms with van der Waals surface area (Å²) in [7, 11) is 1.80. The molecule has 0 fully saturated rings. The maximum Gasteiger partial charge on any atom is 0.235 e. The quantitative estimate of drug-likeness (QED) is 0.878. The lowest BCUT2D eigenvalue weighted by Crippen LogP contribution is -2.15. The number of aryl methyl sites for hydroxylation is 2. The van der Waals surface area contributed by atoms with Crippen molar-refractivity contribution in [3.05, 3.63) is 46.9 Å². The van der Waals surface area contributed by atoms with Crippen LogP contribution in [0.3, 0.4) is 0 Å². The lowest BCUT2D eigenvalue weighted by atomic mass is 10.0. The Hall–Kier alpha value is -1.82. The van der Waals surface area contributed by atoms with Crippen molar-refractivity contribution in [2.45, 2.75) is 12.2 Å². The van der Waals surface area contributed by atoms with Crippen LogP contribution in [0.4, 0.5) is 10.2 Å². The highest BCUT2D eigenvalue weighted by Gasteiger charge is 2.29. The van der Waals surface area contributed by atoms with E-state index in [2.05, 4.69) is 10.4 Å². The van der Waals surface area contributed by atoms with Gasteiger partial charge < -0.3 is 5.32 Å². The van der Waals surface area contributed by atoms with E-state index in [1.165, 1.54) is 23.9 Å². The number of carbonyl (C=O) groups is 1. The topological polar surface area (TPSA) is 46.9 Å². The zero-order valence-electron chi connectivity index (χ0n) is 11.2. The van der Waals surface area contributed by atoms with Crippen molar-refractivity contribution in [1.29, 1.82) is 0 Å². The second kappa shape index (κ2) is 4.94. The number of anilines is 1. The molecule has 20 heavy (non-hydrogen) atoms. The van der Waals surface area contributed by atoms with Gasteiger partial charge in [-0.25, -0.2) is 4.39 Å². The lowest BCUT2D eigenvalue weighted by Gasteiger charge is -2.15. The van der Waals surface area contributed by atoms with Gasteiger partial charge in [-0.2, -0.15) is 5.10 Å². The summed E-state index contributed by atoms with van der Waals surface area (Å²) in [6, 6.07) is 6.51. The van der Waals surface area contributed by atoms with E-state index in [0.29, 0.717) is 11.6 Å². The minimum absolute atomic E-state index is 0.0573. The van der Waals surface area contributed by atoms with Crippen LogP contribution in [0.1, 0.15) is 22.1 Å². The van der Waals surface area contributed by atoms with E-state index in [-0.39, 0.29) is 17.0 Å². The molecule has 1 aliphatic rings. The number of fused-ring (bicyclic) bond motifs is 1. The van der Waals surface area contributed by atoms with Gasteiger partial charge in [0, 0.05) is 12.6 Å². The summed E-state index contributed by atoms with van der Waals surface area (Å²) >= 11 is 1.49. The van der Waals surface area contributed by atoms with Gasteiger partial charge in [-0.3, -0.25) is 9.48 Å². The van der Waals surface area contributed by atoms with E-state index in [0.717, 1.165) is 16.8 Å². The number of nitrogens with one attached hydrogen (secondary N) is 1. The van der Waals surface area contributed by atoms with Gasteiger partial charge in [0.2, 0.25) is 5.91 Å². The van der Waals surface area contributed by atoms with Crippen molar-refractivity contribution in [1.82, 2.24) is 9.78 Å². The molecule has 0 bridgehead atoms. The molecule has 0 spiro atoms. The maximum absolute atomic E-state index is 13.5. The third-order valence-corrected chi connectivity index (χ3v) is 4.59. The van der Waals surface area contributed by atoms with E-state index in [9.17, 15) is 9.18 Å². The Morgan fingerprint density at radius 1 is 1.50 bits per heavy atom. The number of hydrogen-bond donors (Lipinski definition) is 1. The summed E-state index contributed by atoms with van der Waals surface area (Å²) in [4.78, 5) is 11.8. The highest BCUT2D eigenvalue weighted by atomic mass is 32.2. The summed E-state index contributed by atoms with van der Waals surface area (Å²) in [5.74, 6) is 0.717. The Balaban J connectivity index is 2.15. The van der Waals surface area contributed by atoms with E-state index >= 15 is 0 Å². The fourth-order valence-electron chi connectivity index (χ4n) is 2.48. The van der Waals surface area contributed by atoms with Crippen LogP contribution in [0.5, 0.6) is 0 Å². The molecule has 104 valence electrons. The van der Waals surface area contributed by atoms with Gasteiger partial charge in [-0.15, -0.1) is 11.8 Å². The van der Waals surface area contributed by atoms with Gasteiger partial charge in [0.25, 0.3) is 0 Å². The number of halogens is 1. The lowest BCUT2D eigenvalue weighted by molar-refractivity contribution is -0.113. The molecule has 1 aromatic heterocycles. The summed E-state index contributed by atoms with van der Waals surface area (Å²) in [5, 5.41) is 7.15. The fourth-order valence-corrected chi connectivity index (χ4v) is 3.66. The molecule has 2 aromatic rings.